The second kappa shape index (κ2) is 23.3. The van der Waals surface area contributed by atoms with Crippen molar-refractivity contribution in [3.63, 3.8) is 0 Å². The smallest absolute Gasteiger partial charge is 0.407 e. The molecule has 3 heterocycles. The Bertz CT molecular complexity index is 1400. The van der Waals surface area contributed by atoms with Gasteiger partial charge >= 0.3 is 6.09 Å². The first-order valence-corrected chi connectivity index (χ1v) is 17.3. The van der Waals surface area contributed by atoms with E-state index in [2.05, 4.69) is 98.6 Å². The summed E-state index contributed by atoms with van der Waals surface area (Å²) in [6.07, 6.45) is 30.4. The molecule has 12 nitrogen and oxygen atoms in total. The van der Waals surface area contributed by atoms with Gasteiger partial charge in [-0.3, -0.25) is 9.36 Å². The van der Waals surface area contributed by atoms with Crippen molar-refractivity contribution in [2.45, 2.75) is 83.5 Å². The van der Waals surface area contributed by atoms with E-state index in [-0.39, 0.29) is 35.9 Å². The van der Waals surface area contributed by atoms with Gasteiger partial charge in [-0.05, 0) is 69.4 Å². The number of nitrogens with one attached hydrogen (secondary N) is 3. The highest BCUT2D eigenvalue weighted by Gasteiger charge is 2.31. The molecule has 0 spiro atoms. The normalized spacial score (nSPS) is 16.9. The average Bonchev–Trinajstić information content (AvgIpc) is 3.68. The highest BCUT2D eigenvalue weighted by Crippen LogP contribution is 2.34. The van der Waals surface area contributed by atoms with Crippen LogP contribution in [0.2, 0.25) is 5.28 Å². The quantitative estimate of drug-likeness (QED) is 0.0655. The van der Waals surface area contributed by atoms with E-state index in [9.17, 15) is 9.59 Å². The largest absolute Gasteiger partial charge is 0.447 e. The van der Waals surface area contributed by atoms with Gasteiger partial charge in [-0.1, -0.05) is 67.7 Å². The molecule has 5 N–H and O–H groups in total. The minimum Gasteiger partial charge on any atom is -0.447 e. The molecule has 0 aromatic carbocycles. The van der Waals surface area contributed by atoms with Crippen LogP contribution in [-0.4, -0.2) is 70.4 Å². The number of nitrogens with zero attached hydrogens (tertiary/aromatic N) is 4. The third kappa shape index (κ3) is 14.8. The fraction of sp³-hybridized carbons (Fsp3) is 0.514. The van der Waals surface area contributed by atoms with Crippen LogP contribution in [0.15, 0.2) is 67.1 Å². The number of hydrogen-bond donors (Lipinski definition) is 4. The number of ether oxygens (including phenoxy) is 2. The zero-order valence-corrected chi connectivity index (χ0v) is 28.7. The van der Waals surface area contributed by atoms with Gasteiger partial charge in [-0.2, -0.15) is 0 Å². The molecular formula is C35H51ClN8O4. The van der Waals surface area contributed by atoms with E-state index in [4.69, 9.17) is 26.8 Å². The summed E-state index contributed by atoms with van der Waals surface area (Å²) >= 11 is 6.30. The van der Waals surface area contributed by atoms with Crippen LogP contribution in [0.25, 0.3) is 11.2 Å². The van der Waals surface area contributed by atoms with Crippen LogP contribution in [0.3, 0.4) is 0 Å². The van der Waals surface area contributed by atoms with Crippen molar-refractivity contribution in [3.05, 3.63) is 72.4 Å². The number of amides is 2. The van der Waals surface area contributed by atoms with Gasteiger partial charge in [0.1, 0.15) is 19.2 Å². The Kier molecular flexibility index (Phi) is 18.7. The standard InChI is InChI=1S/C35H51ClN8O4/c1-2-3-4-5-6-7-8-9-10-11-12-13-14-15-16-17-18-19-29(45)39-24-22-38-23-25-40-35(46)47-26-28-20-21-30(48-28)44-33-31(43-34(44)36)32(37)41-27-42-33/h3-4,6-7,9-10,12-13,15-16,27-28,30,38H,2,5,8,11,14,17-26H2,1H3,(H,39,45)(H,40,46)(H2,37,41,42)/b4-3-,7-6-,10-9-,13-12-,16-15-. The Balaban J connectivity index is 1.11. The number of aromatic nitrogens is 4. The van der Waals surface area contributed by atoms with Crippen molar-refractivity contribution in [1.29, 1.82) is 0 Å². The van der Waals surface area contributed by atoms with Crippen molar-refractivity contribution in [1.82, 2.24) is 35.5 Å². The number of imidazole rings is 1. The summed E-state index contributed by atoms with van der Waals surface area (Å²) in [4.78, 5) is 36.5. The molecule has 2 unspecified atom stereocenters. The molecule has 2 aromatic heterocycles. The summed E-state index contributed by atoms with van der Waals surface area (Å²) in [5.74, 6) is 0.293. The van der Waals surface area contributed by atoms with Gasteiger partial charge < -0.3 is 31.2 Å². The van der Waals surface area contributed by atoms with Gasteiger partial charge in [-0.15, -0.1) is 0 Å². The SMILES string of the molecule is CC/C=C\C/C=C\C/C=C\C/C=C\C/C=C\CCCC(=O)NCCNCCNC(=O)OCC1CCC(n2c(Cl)nc3c(N)ncnc32)O1. The lowest BCUT2D eigenvalue weighted by molar-refractivity contribution is -0.121. The van der Waals surface area contributed by atoms with E-state index < -0.39 is 6.09 Å². The maximum atomic E-state index is 12.1. The first kappa shape index (κ1) is 38.4. The lowest BCUT2D eigenvalue weighted by atomic mass is 10.2. The molecule has 1 aliphatic rings. The molecule has 2 aromatic rings. The highest BCUT2D eigenvalue weighted by atomic mass is 35.5. The van der Waals surface area contributed by atoms with E-state index in [1.165, 1.54) is 6.33 Å². The second-order valence-corrected chi connectivity index (χ2v) is 11.5. The summed E-state index contributed by atoms with van der Waals surface area (Å²) < 4.78 is 13.0. The Morgan fingerprint density at radius 3 is 2.27 bits per heavy atom. The number of nitrogens with two attached hydrogens (primary N) is 1. The van der Waals surface area contributed by atoms with E-state index in [0.29, 0.717) is 56.6 Å². The van der Waals surface area contributed by atoms with E-state index in [1.54, 1.807) is 4.57 Å². The Morgan fingerprint density at radius 1 is 0.938 bits per heavy atom. The van der Waals surface area contributed by atoms with Gasteiger partial charge in [0.2, 0.25) is 11.2 Å². The van der Waals surface area contributed by atoms with Crippen LogP contribution < -0.4 is 21.7 Å². The van der Waals surface area contributed by atoms with Crippen LogP contribution >= 0.6 is 11.6 Å². The Morgan fingerprint density at radius 2 is 1.58 bits per heavy atom. The van der Waals surface area contributed by atoms with Gasteiger partial charge in [-0.25, -0.2) is 19.7 Å². The molecule has 2 amide bonds. The Hall–Kier alpha value is -4.00. The lowest BCUT2D eigenvalue weighted by Crippen LogP contribution is -2.37. The summed E-state index contributed by atoms with van der Waals surface area (Å²) in [6, 6.07) is 0. The van der Waals surface area contributed by atoms with Gasteiger partial charge in [0.05, 0.1) is 6.10 Å². The fourth-order valence-corrected chi connectivity index (χ4v) is 5.15. The van der Waals surface area contributed by atoms with Gasteiger partial charge in [0.25, 0.3) is 0 Å². The number of hydrogen-bond acceptors (Lipinski definition) is 9. The molecule has 0 saturated carbocycles. The molecule has 13 heteroatoms. The molecular weight excluding hydrogens is 632 g/mol. The summed E-state index contributed by atoms with van der Waals surface area (Å²) in [6.45, 7) is 4.34. The number of unbranched alkanes of at least 4 members (excludes halogenated alkanes) is 1. The third-order valence-corrected chi connectivity index (χ3v) is 7.63. The number of carbonyl (C=O) groups is 2. The number of fused-ring (bicyclic) bond motifs is 1. The number of allylic oxidation sites excluding steroid dienone is 10. The average molecular weight is 683 g/mol. The van der Waals surface area contributed by atoms with Crippen molar-refractivity contribution in [3.8, 4) is 0 Å². The highest BCUT2D eigenvalue weighted by molar-refractivity contribution is 6.29. The molecule has 1 fully saturated rings. The molecule has 3 rings (SSSR count). The maximum absolute atomic E-state index is 12.1. The zero-order chi connectivity index (χ0) is 34.2. The Labute approximate surface area is 289 Å². The van der Waals surface area contributed by atoms with Crippen molar-refractivity contribution < 1.29 is 19.1 Å². The van der Waals surface area contributed by atoms with Crippen molar-refractivity contribution >= 4 is 40.6 Å². The van der Waals surface area contributed by atoms with Crippen LogP contribution in [0.4, 0.5) is 10.6 Å². The second-order valence-electron chi connectivity index (χ2n) is 11.2. The molecule has 48 heavy (non-hydrogen) atoms. The predicted molar refractivity (Wildman–Crippen MR) is 191 cm³/mol. The van der Waals surface area contributed by atoms with Crippen LogP contribution in [0.5, 0.6) is 0 Å². The molecule has 1 aliphatic heterocycles. The minimum atomic E-state index is -0.517. The molecule has 0 aliphatic carbocycles. The lowest BCUT2D eigenvalue weighted by Gasteiger charge is -2.16. The topological polar surface area (TPSA) is 158 Å². The van der Waals surface area contributed by atoms with Gasteiger partial charge in [0.15, 0.2) is 17.0 Å². The van der Waals surface area contributed by atoms with Crippen molar-refractivity contribution in [2.24, 2.45) is 0 Å². The number of carbonyl (C=O) groups excluding carboxylic acids is 2. The first-order chi connectivity index (χ1) is 23.5. The van der Waals surface area contributed by atoms with E-state index in [1.807, 2.05) is 0 Å². The maximum Gasteiger partial charge on any atom is 0.407 e. The summed E-state index contributed by atoms with van der Waals surface area (Å²) in [5.41, 5.74) is 6.80. The first-order valence-electron chi connectivity index (χ1n) is 16.9. The number of anilines is 1. The fourth-order valence-electron chi connectivity index (χ4n) is 4.88. The molecule has 262 valence electrons. The predicted octanol–water partition coefficient (Wildman–Crippen LogP) is 6.09. The van der Waals surface area contributed by atoms with Crippen LogP contribution in [0.1, 0.15) is 77.4 Å². The molecule has 0 bridgehead atoms. The van der Waals surface area contributed by atoms with Crippen molar-refractivity contribution in [2.75, 3.05) is 38.5 Å². The summed E-state index contributed by atoms with van der Waals surface area (Å²) in [5, 5.41) is 9.02. The third-order valence-electron chi connectivity index (χ3n) is 7.36. The number of rotatable bonds is 22. The van der Waals surface area contributed by atoms with Crippen LogP contribution in [-0.2, 0) is 14.3 Å². The molecule has 1 saturated heterocycles. The molecule has 2 atom stereocenters. The number of nitrogen functional groups attached to an aromatic ring is 1. The molecule has 0 radical (unpaired) electrons. The van der Waals surface area contributed by atoms with E-state index in [0.717, 1.165) is 44.9 Å². The zero-order valence-electron chi connectivity index (χ0n) is 28.0. The summed E-state index contributed by atoms with van der Waals surface area (Å²) in [7, 11) is 0. The monoisotopic (exact) mass is 682 g/mol. The van der Waals surface area contributed by atoms with Gasteiger partial charge in [0, 0.05) is 32.6 Å². The van der Waals surface area contributed by atoms with E-state index >= 15 is 0 Å². The number of halogens is 1. The van der Waals surface area contributed by atoms with Crippen LogP contribution in [0, 0.1) is 0 Å². The number of alkyl carbamates (subject to hydrolysis) is 1. The minimum absolute atomic E-state index is 0.0446.